The van der Waals surface area contributed by atoms with E-state index in [-0.39, 0.29) is 0 Å². The monoisotopic (exact) mass is 116 g/mol. The van der Waals surface area contributed by atoms with Crippen molar-refractivity contribution < 1.29 is 0 Å². The molecular weight excluding hydrogens is 110 g/mol. The van der Waals surface area contributed by atoms with Crippen molar-refractivity contribution in [1.82, 2.24) is 15.0 Å². The number of rotatable bonds is 0. The van der Waals surface area contributed by atoms with E-state index in [9.17, 15) is 0 Å². The lowest BCUT2D eigenvalue weighted by Gasteiger charge is -2.20. The average molecular weight is 116 g/mol. The third kappa shape index (κ3) is 2.04. The number of nitrogens with one attached hydrogen (secondary N) is 2. The third-order valence-corrected chi connectivity index (χ3v) is 0.835. The van der Waals surface area contributed by atoms with Gasteiger partial charge in [-0.1, -0.05) is 5.92 Å². The molecule has 0 aliphatic carbocycles. The fourth-order valence-corrected chi connectivity index (χ4v) is 0.514. The molecule has 0 amide bonds. The molecule has 0 spiro atoms. The van der Waals surface area contributed by atoms with Crippen LogP contribution in [-0.4, -0.2) is 27.4 Å². The largest absolute Gasteiger partial charge is 0.399 e. The zero-order valence-electron chi connectivity index (χ0n) is 5.18. The highest BCUT2D eigenvalue weighted by atomic mass is 15.1. The lowest BCUT2D eigenvalue weighted by molar-refractivity contribution is 0.931. The predicted octanol–water partition coefficient (Wildman–Crippen LogP) is -1.94. The topological polar surface area (TPSA) is 27.3 Å². The second kappa shape index (κ2) is 3.49. The third-order valence-electron chi connectivity index (χ3n) is 0.835. The molecule has 0 aromatic heterocycles. The van der Waals surface area contributed by atoms with Gasteiger partial charge < -0.3 is 15.0 Å². The molecule has 1 aliphatic rings. The fourth-order valence-electron chi connectivity index (χ4n) is 0.514. The number of nitrogens with zero attached hydrogens (tertiary/aromatic N) is 1. The molecule has 0 aromatic carbocycles. The van der Waals surface area contributed by atoms with E-state index >= 15 is 0 Å². The molecule has 1 saturated heterocycles. The minimum absolute atomic E-state index is 1.71. The van der Waals surface area contributed by atoms with Crippen LogP contribution in [0.5, 0.6) is 0 Å². The van der Waals surface area contributed by atoms with E-state index in [0.29, 0.717) is 0 Å². The quantitative estimate of drug-likeness (QED) is 0.284. The molecule has 6 heteroatoms. The first kappa shape index (κ1) is 6.59. The van der Waals surface area contributed by atoms with Crippen molar-refractivity contribution in [1.29, 1.82) is 0 Å². The van der Waals surface area contributed by atoms with Crippen molar-refractivity contribution in [2.24, 2.45) is 0 Å². The maximum absolute atomic E-state index is 2.85. The molecule has 0 aromatic rings. The first-order chi connectivity index (χ1) is 4.43. The Morgan fingerprint density at radius 2 is 2.00 bits per heavy atom. The summed E-state index contributed by atoms with van der Waals surface area (Å²) < 4.78 is 1.71. The molecule has 1 fully saturated rings. The van der Waals surface area contributed by atoms with E-state index in [1.807, 2.05) is 0 Å². The molecule has 1 rings (SSSR count). The fraction of sp³-hybridized carbons (Fsp3) is 0.333. The SMILES string of the molecule is CC#CN1[B]N[B]N[B]1. The summed E-state index contributed by atoms with van der Waals surface area (Å²) in [6.07, 6.45) is 0. The van der Waals surface area contributed by atoms with Gasteiger partial charge >= 0.3 is 15.1 Å². The summed E-state index contributed by atoms with van der Waals surface area (Å²) in [5.74, 6) is 2.76. The highest BCUT2D eigenvalue weighted by molar-refractivity contribution is 6.65. The summed E-state index contributed by atoms with van der Waals surface area (Å²) in [5, 5.41) is 5.70. The number of hydrogen-bond donors (Lipinski definition) is 2. The Balaban J connectivity index is 2.28. The van der Waals surface area contributed by atoms with Crippen LogP contribution in [-0.2, 0) is 0 Å². The van der Waals surface area contributed by atoms with Gasteiger partial charge in [0.05, 0.1) is 0 Å². The summed E-state index contributed by atoms with van der Waals surface area (Å²) in [6.45, 7) is 1.79. The molecular formula is C3H5B3N3. The van der Waals surface area contributed by atoms with Gasteiger partial charge in [-0.2, -0.15) is 0 Å². The lowest BCUT2D eigenvalue weighted by Crippen LogP contribution is -2.56. The molecule has 0 saturated carbocycles. The summed E-state index contributed by atoms with van der Waals surface area (Å²) >= 11 is 0. The Morgan fingerprint density at radius 3 is 2.56 bits per heavy atom. The normalized spacial score (nSPS) is 15.9. The van der Waals surface area contributed by atoms with Crippen LogP contribution >= 0.6 is 0 Å². The first-order valence-corrected chi connectivity index (χ1v) is 2.64. The van der Waals surface area contributed by atoms with Gasteiger partial charge in [0.1, 0.15) is 0 Å². The highest BCUT2D eigenvalue weighted by Gasteiger charge is 2.09. The minimum Gasteiger partial charge on any atom is -0.399 e. The van der Waals surface area contributed by atoms with Crippen molar-refractivity contribution >= 4 is 22.6 Å². The van der Waals surface area contributed by atoms with E-state index in [1.165, 1.54) is 0 Å². The van der Waals surface area contributed by atoms with Gasteiger partial charge in [0.15, 0.2) is 0 Å². The molecule has 3 nitrogen and oxygen atoms in total. The maximum atomic E-state index is 2.85. The smallest absolute Gasteiger partial charge is 0.332 e. The van der Waals surface area contributed by atoms with Crippen molar-refractivity contribution in [3.63, 3.8) is 0 Å². The second-order valence-corrected chi connectivity index (χ2v) is 1.50. The van der Waals surface area contributed by atoms with E-state index in [1.54, 1.807) is 34.3 Å². The zero-order valence-corrected chi connectivity index (χ0v) is 5.18. The molecule has 0 atom stereocenters. The van der Waals surface area contributed by atoms with Gasteiger partial charge in [-0.3, -0.25) is 0 Å². The molecule has 2 N–H and O–H groups in total. The van der Waals surface area contributed by atoms with Crippen molar-refractivity contribution in [3.8, 4) is 12.0 Å². The van der Waals surface area contributed by atoms with E-state index in [0.717, 1.165) is 0 Å². The Morgan fingerprint density at radius 1 is 1.33 bits per heavy atom. The van der Waals surface area contributed by atoms with Gasteiger partial charge in [-0.25, -0.2) is 0 Å². The van der Waals surface area contributed by atoms with Gasteiger partial charge in [0.25, 0.3) is 7.55 Å². The van der Waals surface area contributed by atoms with Crippen LogP contribution in [0.1, 0.15) is 6.92 Å². The number of hydrogen-bond acceptors (Lipinski definition) is 3. The Labute approximate surface area is 57.4 Å². The molecule has 1 heterocycles. The van der Waals surface area contributed by atoms with Gasteiger partial charge in [0.2, 0.25) is 0 Å². The predicted molar refractivity (Wildman–Crippen MR) is 38.8 cm³/mol. The second-order valence-electron chi connectivity index (χ2n) is 1.50. The Hall–Kier alpha value is -0.525. The van der Waals surface area contributed by atoms with Crippen LogP contribution in [0.25, 0.3) is 0 Å². The molecule has 0 bridgehead atoms. The Kier molecular flexibility index (Phi) is 2.56. The summed E-state index contributed by atoms with van der Waals surface area (Å²) in [6, 6.07) is 2.81. The van der Waals surface area contributed by atoms with Gasteiger partial charge in [-0.15, -0.1) is 0 Å². The minimum atomic E-state index is 1.71. The van der Waals surface area contributed by atoms with Gasteiger partial charge in [0, 0.05) is 0 Å². The molecule has 9 heavy (non-hydrogen) atoms. The van der Waals surface area contributed by atoms with Crippen LogP contribution in [0.3, 0.4) is 0 Å². The van der Waals surface area contributed by atoms with Crippen LogP contribution in [0.4, 0.5) is 0 Å². The lowest BCUT2D eigenvalue weighted by atomic mass is 9.82. The van der Waals surface area contributed by atoms with Crippen molar-refractivity contribution in [2.45, 2.75) is 6.92 Å². The van der Waals surface area contributed by atoms with Crippen LogP contribution in [0.2, 0.25) is 0 Å². The van der Waals surface area contributed by atoms with E-state index in [4.69, 9.17) is 0 Å². The molecule has 1 aliphatic heterocycles. The summed E-state index contributed by atoms with van der Waals surface area (Å²) in [4.78, 5) is 0. The van der Waals surface area contributed by atoms with E-state index < -0.39 is 0 Å². The standard InChI is InChI=1S/C3H5B3N3/c1-2-3-9-5-7-4-8-6-9/h7-8H,1H3. The maximum Gasteiger partial charge on any atom is 0.332 e. The van der Waals surface area contributed by atoms with E-state index in [2.05, 4.69) is 22.2 Å². The van der Waals surface area contributed by atoms with Crippen LogP contribution in [0, 0.1) is 12.0 Å². The first-order valence-electron chi connectivity index (χ1n) is 2.64. The highest BCUT2D eigenvalue weighted by Crippen LogP contribution is 1.75. The summed E-state index contributed by atoms with van der Waals surface area (Å²) in [7, 11) is 5.23. The summed E-state index contributed by atoms with van der Waals surface area (Å²) in [5.41, 5.74) is 0. The molecule has 41 valence electrons. The Bertz CT molecular complexity index is 133. The zero-order chi connectivity index (χ0) is 6.53. The van der Waals surface area contributed by atoms with Crippen molar-refractivity contribution in [3.05, 3.63) is 0 Å². The average Bonchev–Trinajstić information content (AvgIpc) is 1.91. The van der Waals surface area contributed by atoms with Gasteiger partial charge in [-0.05, 0) is 13.0 Å². The van der Waals surface area contributed by atoms with Crippen LogP contribution < -0.4 is 10.3 Å². The molecule has 3 radical (unpaired) electrons. The van der Waals surface area contributed by atoms with Crippen LogP contribution in [0.15, 0.2) is 0 Å². The van der Waals surface area contributed by atoms with Crippen molar-refractivity contribution in [2.75, 3.05) is 0 Å². The molecule has 0 unspecified atom stereocenters.